The van der Waals surface area contributed by atoms with Gasteiger partial charge >= 0.3 is 0 Å². The lowest BCUT2D eigenvalue weighted by Gasteiger charge is -2.35. The minimum absolute atomic E-state index is 1.09. The van der Waals surface area contributed by atoms with Crippen LogP contribution in [0.3, 0.4) is 0 Å². The van der Waals surface area contributed by atoms with Crippen LogP contribution in [0.5, 0.6) is 0 Å². The van der Waals surface area contributed by atoms with Gasteiger partial charge in [0.2, 0.25) is 0 Å². The maximum absolute atomic E-state index is 6.57. The molecule has 30 heavy (non-hydrogen) atoms. The van der Waals surface area contributed by atoms with Gasteiger partial charge in [-0.1, -0.05) is 149 Å². The van der Waals surface area contributed by atoms with Gasteiger partial charge in [-0.15, -0.1) is 0 Å². The fourth-order valence-corrected chi connectivity index (χ4v) is 9.74. The highest BCUT2D eigenvalue weighted by atomic mass is 28.4. The topological polar surface area (TPSA) is 9.23 Å². The number of unbranched alkanes of at least 4 members (excludes halogenated alkanes) is 18. The van der Waals surface area contributed by atoms with Crippen molar-refractivity contribution in [1.82, 2.24) is 0 Å². The first kappa shape index (κ1) is 28.2. The molecule has 1 nitrogen and oxygen atoms in total. The van der Waals surface area contributed by atoms with Crippen LogP contribution in [0.2, 0.25) is 18.1 Å². The SMILES string of the molecule is CCCCCCCCCCCC[Si]1(CCCCCCCCCCCC)CCCCO1. The largest absolute Gasteiger partial charge is 0.417 e. The summed E-state index contributed by atoms with van der Waals surface area (Å²) in [6, 6.07) is 4.42. The zero-order valence-corrected chi connectivity index (χ0v) is 22.3. The summed E-state index contributed by atoms with van der Waals surface area (Å²) in [6.07, 6.45) is 31.9. The molecule has 180 valence electrons. The highest BCUT2D eigenvalue weighted by Gasteiger charge is 2.35. The quantitative estimate of drug-likeness (QED) is 0.121. The normalized spacial score (nSPS) is 16.2. The Kier molecular flexibility index (Phi) is 19.8. The zero-order chi connectivity index (χ0) is 21.6. The average Bonchev–Trinajstić information content (AvgIpc) is 2.77. The van der Waals surface area contributed by atoms with Gasteiger partial charge in [0.15, 0.2) is 8.32 Å². The van der Waals surface area contributed by atoms with Crippen molar-refractivity contribution in [2.75, 3.05) is 6.61 Å². The van der Waals surface area contributed by atoms with E-state index in [4.69, 9.17) is 4.43 Å². The maximum atomic E-state index is 6.57. The Balaban J connectivity index is 2.02. The van der Waals surface area contributed by atoms with Gasteiger partial charge in [0.25, 0.3) is 0 Å². The lowest BCUT2D eigenvalue weighted by Crippen LogP contribution is -2.41. The van der Waals surface area contributed by atoms with Gasteiger partial charge in [-0.3, -0.25) is 0 Å². The predicted octanol–water partition coefficient (Wildman–Crippen LogP) is 10.6. The highest BCUT2D eigenvalue weighted by molar-refractivity contribution is 6.73. The summed E-state index contributed by atoms with van der Waals surface area (Å²) in [6.45, 7) is 5.70. The molecule has 0 unspecified atom stereocenters. The van der Waals surface area contributed by atoms with Crippen LogP contribution in [0.1, 0.15) is 155 Å². The minimum Gasteiger partial charge on any atom is -0.417 e. The molecule has 1 rings (SSSR count). The van der Waals surface area contributed by atoms with E-state index in [1.807, 2.05) is 0 Å². The number of rotatable bonds is 22. The standard InChI is InChI=1S/C28H58OSi/c1-3-5-7-9-11-13-15-17-19-22-26-30(28-24-21-25-29-30)27-23-20-18-16-14-12-10-8-6-4-2/h3-28H2,1-2H3. The monoisotopic (exact) mass is 438 g/mol. The summed E-state index contributed by atoms with van der Waals surface area (Å²) in [7, 11) is -1.36. The molecule has 1 heterocycles. The molecule has 1 saturated heterocycles. The van der Waals surface area contributed by atoms with Crippen molar-refractivity contribution < 1.29 is 4.43 Å². The van der Waals surface area contributed by atoms with Crippen molar-refractivity contribution in [2.45, 2.75) is 173 Å². The van der Waals surface area contributed by atoms with Crippen LogP contribution >= 0.6 is 0 Å². The summed E-state index contributed by atoms with van der Waals surface area (Å²) in [5, 5.41) is 0. The molecule has 0 amide bonds. The van der Waals surface area contributed by atoms with Gasteiger partial charge in [-0.05, 0) is 24.6 Å². The molecular formula is C28H58OSi. The third-order valence-corrected chi connectivity index (χ3v) is 12.0. The van der Waals surface area contributed by atoms with E-state index in [2.05, 4.69) is 13.8 Å². The molecular weight excluding hydrogens is 380 g/mol. The molecule has 0 radical (unpaired) electrons. The van der Waals surface area contributed by atoms with Crippen molar-refractivity contribution in [2.24, 2.45) is 0 Å². The van der Waals surface area contributed by atoms with Crippen molar-refractivity contribution >= 4 is 8.32 Å². The second kappa shape index (κ2) is 21.0. The second-order valence-corrected chi connectivity index (χ2v) is 14.5. The predicted molar refractivity (Wildman–Crippen MR) is 139 cm³/mol. The Morgan fingerprint density at radius 1 is 0.467 bits per heavy atom. The average molecular weight is 439 g/mol. The lowest BCUT2D eigenvalue weighted by molar-refractivity contribution is 0.263. The van der Waals surface area contributed by atoms with Crippen LogP contribution in [-0.4, -0.2) is 14.9 Å². The molecule has 0 aliphatic carbocycles. The molecule has 0 bridgehead atoms. The van der Waals surface area contributed by atoms with Crippen LogP contribution in [0.15, 0.2) is 0 Å². The van der Waals surface area contributed by atoms with Gasteiger partial charge < -0.3 is 4.43 Å². The third-order valence-electron chi connectivity index (χ3n) is 7.41. The molecule has 1 aliphatic rings. The van der Waals surface area contributed by atoms with E-state index in [0.717, 1.165) is 6.61 Å². The molecule has 2 heteroatoms. The Morgan fingerprint density at radius 2 is 0.833 bits per heavy atom. The van der Waals surface area contributed by atoms with Crippen molar-refractivity contribution in [1.29, 1.82) is 0 Å². The molecule has 0 aromatic heterocycles. The van der Waals surface area contributed by atoms with E-state index >= 15 is 0 Å². The van der Waals surface area contributed by atoms with Crippen molar-refractivity contribution in [3.63, 3.8) is 0 Å². The van der Waals surface area contributed by atoms with Crippen LogP contribution < -0.4 is 0 Å². The van der Waals surface area contributed by atoms with E-state index < -0.39 is 8.32 Å². The Bertz CT molecular complexity index is 312. The Labute approximate surface area is 192 Å². The number of hydrogen-bond donors (Lipinski definition) is 0. The molecule has 0 N–H and O–H groups in total. The summed E-state index contributed by atoms with van der Waals surface area (Å²) in [4.78, 5) is 0. The summed E-state index contributed by atoms with van der Waals surface area (Å²) in [5.74, 6) is 0. The first-order valence-corrected chi connectivity index (χ1v) is 17.0. The van der Waals surface area contributed by atoms with Crippen molar-refractivity contribution in [3.05, 3.63) is 0 Å². The molecule has 1 aliphatic heterocycles. The van der Waals surface area contributed by atoms with Gasteiger partial charge in [-0.2, -0.15) is 0 Å². The first-order chi connectivity index (χ1) is 14.8. The maximum Gasteiger partial charge on any atom is 0.192 e. The summed E-state index contributed by atoms with van der Waals surface area (Å²) >= 11 is 0. The molecule has 0 atom stereocenters. The van der Waals surface area contributed by atoms with Gasteiger partial charge in [-0.25, -0.2) is 0 Å². The van der Waals surface area contributed by atoms with E-state index in [0.29, 0.717) is 0 Å². The second-order valence-electron chi connectivity index (χ2n) is 10.4. The fourth-order valence-electron chi connectivity index (χ4n) is 5.30. The van der Waals surface area contributed by atoms with Gasteiger partial charge in [0.1, 0.15) is 0 Å². The van der Waals surface area contributed by atoms with Crippen LogP contribution in [0.4, 0.5) is 0 Å². The van der Waals surface area contributed by atoms with E-state index in [-0.39, 0.29) is 0 Å². The van der Waals surface area contributed by atoms with Crippen LogP contribution in [0.25, 0.3) is 0 Å². The molecule has 1 fully saturated rings. The minimum atomic E-state index is -1.36. The van der Waals surface area contributed by atoms with E-state index in [1.165, 1.54) is 159 Å². The summed E-state index contributed by atoms with van der Waals surface area (Å²) in [5.41, 5.74) is 0. The molecule has 0 aromatic carbocycles. The molecule has 0 spiro atoms. The summed E-state index contributed by atoms with van der Waals surface area (Å²) < 4.78 is 6.57. The molecule has 0 aromatic rings. The van der Waals surface area contributed by atoms with Crippen LogP contribution in [0, 0.1) is 0 Å². The lowest BCUT2D eigenvalue weighted by atomic mass is 10.1. The van der Waals surface area contributed by atoms with Gasteiger partial charge in [0.05, 0.1) is 0 Å². The van der Waals surface area contributed by atoms with Crippen LogP contribution in [-0.2, 0) is 4.43 Å². The first-order valence-electron chi connectivity index (χ1n) is 14.5. The highest BCUT2D eigenvalue weighted by Crippen LogP contribution is 2.33. The Hall–Kier alpha value is 0.177. The van der Waals surface area contributed by atoms with E-state index in [1.54, 1.807) is 0 Å². The van der Waals surface area contributed by atoms with E-state index in [9.17, 15) is 0 Å². The zero-order valence-electron chi connectivity index (χ0n) is 21.3. The smallest absolute Gasteiger partial charge is 0.192 e. The van der Waals surface area contributed by atoms with Gasteiger partial charge in [0, 0.05) is 6.61 Å². The molecule has 0 saturated carbocycles. The van der Waals surface area contributed by atoms with Crippen molar-refractivity contribution in [3.8, 4) is 0 Å². The number of hydrogen-bond acceptors (Lipinski definition) is 1. The Morgan fingerprint density at radius 3 is 1.17 bits per heavy atom. The third kappa shape index (κ3) is 15.9. The fraction of sp³-hybridized carbons (Fsp3) is 1.00.